The zero-order valence-corrected chi connectivity index (χ0v) is 11.7. The number of fused-ring (bicyclic) bond motifs is 1. The molecule has 0 saturated heterocycles. The fourth-order valence-corrected chi connectivity index (χ4v) is 2.82. The molecule has 1 aliphatic carbocycles. The van der Waals surface area contributed by atoms with E-state index in [4.69, 9.17) is 10.5 Å². The standard InChI is InChI=1S/C16H25NO/c1-3-13(17)11-12-9-10-16(18-4-2)15-8-6-5-7-14(12)15/h9-10,13H,3-8,11,17H2,1-2H3. The third-order valence-corrected chi connectivity index (χ3v) is 3.90. The van der Waals surface area contributed by atoms with Crippen LogP contribution in [0.15, 0.2) is 12.1 Å². The number of nitrogens with two attached hydrogens (primary N) is 1. The molecule has 0 aliphatic heterocycles. The van der Waals surface area contributed by atoms with E-state index in [1.54, 1.807) is 0 Å². The number of hydrogen-bond donors (Lipinski definition) is 1. The first-order valence-corrected chi connectivity index (χ1v) is 7.28. The van der Waals surface area contributed by atoms with Gasteiger partial charge in [0.25, 0.3) is 0 Å². The van der Waals surface area contributed by atoms with Gasteiger partial charge < -0.3 is 10.5 Å². The molecular weight excluding hydrogens is 222 g/mol. The first-order valence-electron chi connectivity index (χ1n) is 7.28. The van der Waals surface area contributed by atoms with Crippen LogP contribution in [0.25, 0.3) is 0 Å². The number of benzene rings is 1. The third-order valence-electron chi connectivity index (χ3n) is 3.90. The predicted octanol–water partition coefficient (Wildman–Crippen LogP) is 3.24. The molecule has 0 heterocycles. The van der Waals surface area contributed by atoms with E-state index >= 15 is 0 Å². The second-order valence-electron chi connectivity index (χ2n) is 5.19. The fraction of sp³-hybridized carbons (Fsp3) is 0.625. The van der Waals surface area contributed by atoms with Crippen molar-refractivity contribution >= 4 is 0 Å². The van der Waals surface area contributed by atoms with Gasteiger partial charge in [0.15, 0.2) is 0 Å². The third kappa shape index (κ3) is 2.86. The highest BCUT2D eigenvalue weighted by atomic mass is 16.5. The van der Waals surface area contributed by atoms with E-state index in [1.807, 2.05) is 0 Å². The van der Waals surface area contributed by atoms with Gasteiger partial charge in [-0.05, 0) is 68.2 Å². The number of hydrogen-bond acceptors (Lipinski definition) is 2. The van der Waals surface area contributed by atoms with E-state index in [2.05, 4.69) is 26.0 Å². The molecule has 0 spiro atoms. The minimum Gasteiger partial charge on any atom is -0.494 e. The van der Waals surface area contributed by atoms with Crippen molar-refractivity contribution < 1.29 is 4.74 Å². The Kier molecular flexibility index (Phi) is 4.65. The molecule has 2 nitrogen and oxygen atoms in total. The summed E-state index contributed by atoms with van der Waals surface area (Å²) in [6, 6.07) is 4.66. The average molecular weight is 247 g/mol. The van der Waals surface area contributed by atoms with E-state index in [9.17, 15) is 0 Å². The van der Waals surface area contributed by atoms with Gasteiger partial charge >= 0.3 is 0 Å². The molecule has 1 atom stereocenters. The van der Waals surface area contributed by atoms with Crippen molar-refractivity contribution in [1.29, 1.82) is 0 Å². The molecule has 0 saturated carbocycles. The van der Waals surface area contributed by atoms with Gasteiger partial charge in [0, 0.05) is 6.04 Å². The first-order chi connectivity index (χ1) is 8.76. The summed E-state index contributed by atoms with van der Waals surface area (Å²) in [5.74, 6) is 1.10. The van der Waals surface area contributed by atoms with E-state index in [0.29, 0.717) is 0 Å². The Balaban J connectivity index is 2.31. The maximum absolute atomic E-state index is 6.10. The highest BCUT2D eigenvalue weighted by Crippen LogP contribution is 2.32. The summed E-state index contributed by atoms with van der Waals surface area (Å²) in [7, 11) is 0. The van der Waals surface area contributed by atoms with E-state index < -0.39 is 0 Å². The molecule has 100 valence electrons. The van der Waals surface area contributed by atoms with Crippen LogP contribution in [0.3, 0.4) is 0 Å². The Morgan fingerprint density at radius 1 is 1.17 bits per heavy atom. The van der Waals surface area contributed by atoms with Gasteiger partial charge in [-0.2, -0.15) is 0 Å². The van der Waals surface area contributed by atoms with Gasteiger partial charge in [-0.1, -0.05) is 13.0 Å². The lowest BCUT2D eigenvalue weighted by Crippen LogP contribution is -2.23. The highest BCUT2D eigenvalue weighted by molar-refractivity contribution is 5.47. The summed E-state index contributed by atoms with van der Waals surface area (Å²) in [5, 5.41) is 0. The number of rotatable bonds is 5. The molecule has 0 aromatic heterocycles. The molecule has 18 heavy (non-hydrogen) atoms. The molecule has 1 aromatic rings. The van der Waals surface area contributed by atoms with Crippen molar-refractivity contribution in [2.75, 3.05) is 6.61 Å². The minimum absolute atomic E-state index is 0.286. The molecule has 1 aromatic carbocycles. The fourth-order valence-electron chi connectivity index (χ4n) is 2.82. The van der Waals surface area contributed by atoms with Crippen LogP contribution in [0, 0.1) is 0 Å². The lowest BCUT2D eigenvalue weighted by Gasteiger charge is -2.23. The van der Waals surface area contributed by atoms with Crippen molar-refractivity contribution in [1.82, 2.24) is 0 Å². The van der Waals surface area contributed by atoms with E-state index in [-0.39, 0.29) is 6.04 Å². The van der Waals surface area contributed by atoms with Crippen molar-refractivity contribution in [2.24, 2.45) is 5.73 Å². The lowest BCUT2D eigenvalue weighted by molar-refractivity contribution is 0.334. The van der Waals surface area contributed by atoms with Crippen molar-refractivity contribution in [3.8, 4) is 5.75 Å². The van der Waals surface area contributed by atoms with Crippen LogP contribution in [0.4, 0.5) is 0 Å². The summed E-state index contributed by atoms with van der Waals surface area (Å²) in [4.78, 5) is 0. The van der Waals surface area contributed by atoms with Crippen molar-refractivity contribution in [2.45, 2.75) is 58.4 Å². The maximum atomic E-state index is 6.10. The minimum atomic E-state index is 0.286. The van der Waals surface area contributed by atoms with Gasteiger partial charge in [0.05, 0.1) is 6.61 Å². The van der Waals surface area contributed by atoms with Crippen LogP contribution < -0.4 is 10.5 Å². The van der Waals surface area contributed by atoms with Gasteiger partial charge in [-0.3, -0.25) is 0 Å². The molecular formula is C16H25NO. The predicted molar refractivity (Wildman–Crippen MR) is 76.2 cm³/mol. The highest BCUT2D eigenvalue weighted by Gasteiger charge is 2.18. The first kappa shape index (κ1) is 13.4. The zero-order chi connectivity index (χ0) is 13.0. The monoisotopic (exact) mass is 247 g/mol. The molecule has 1 unspecified atom stereocenters. The van der Waals surface area contributed by atoms with Crippen LogP contribution in [0.5, 0.6) is 5.75 Å². The van der Waals surface area contributed by atoms with Crippen molar-refractivity contribution in [3.05, 3.63) is 28.8 Å². The summed E-state index contributed by atoms with van der Waals surface area (Å²) in [5.41, 5.74) is 10.5. The Morgan fingerprint density at radius 2 is 1.89 bits per heavy atom. The molecule has 0 bridgehead atoms. The molecule has 2 N–H and O–H groups in total. The number of ether oxygens (including phenoxy) is 1. The molecule has 0 fully saturated rings. The second-order valence-corrected chi connectivity index (χ2v) is 5.19. The topological polar surface area (TPSA) is 35.2 Å². The molecule has 0 amide bonds. The van der Waals surface area contributed by atoms with Gasteiger partial charge in [-0.25, -0.2) is 0 Å². The quantitative estimate of drug-likeness (QED) is 0.867. The smallest absolute Gasteiger partial charge is 0.122 e. The van der Waals surface area contributed by atoms with Crippen LogP contribution >= 0.6 is 0 Å². The van der Waals surface area contributed by atoms with Crippen LogP contribution in [-0.2, 0) is 19.3 Å². The van der Waals surface area contributed by atoms with E-state index in [1.165, 1.54) is 42.4 Å². The normalized spacial score (nSPS) is 16.2. The average Bonchev–Trinajstić information content (AvgIpc) is 2.41. The lowest BCUT2D eigenvalue weighted by atomic mass is 9.85. The van der Waals surface area contributed by atoms with Crippen molar-refractivity contribution in [3.63, 3.8) is 0 Å². The Labute approximate surface area is 111 Å². The summed E-state index contributed by atoms with van der Waals surface area (Å²) in [6.07, 6.45) is 7.00. The molecule has 1 aliphatic rings. The largest absolute Gasteiger partial charge is 0.494 e. The summed E-state index contributed by atoms with van der Waals surface area (Å²) in [6.45, 7) is 4.96. The van der Waals surface area contributed by atoms with Crippen LogP contribution in [-0.4, -0.2) is 12.6 Å². The van der Waals surface area contributed by atoms with Gasteiger partial charge in [0.1, 0.15) is 5.75 Å². The van der Waals surface area contributed by atoms with E-state index in [0.717, 1.165) is 25.2 Å². The summed E-state index contributed by atoms with van der Waals surface area (Å²) < 4.78 is 5.76. The van der Waals surface area contributed by atoms with Crippen LogP contribution in [0.2, 0.25) is 0 Å². The molecule has 2 heteroatoms. The molecule has 2 rings (SSSR count). The maximum Gasteiger partial charge on any atom is 0.122 e. The Bertz CT molecular complexity index is 400. The Hall–Kier alpha value is -1.02. The Morgan fingerprint density at radius 3 is 2.56 bits per heavy atom. The SMILES string of the molecule is CCOc1ccc(CC(N)CC)c2c1CCCC2. The van der Waals surface area contributed by atoms with Gasteiger partial charge in [0.2, 0.25) is 0 Å². The van der Waals surface area contributed by atoms with Gasteiger partial charge in [-0.15, -0.1) is 0 Å². The summed E-state index contributed by atoms with van der Waals surface area (Å²) >= 11 is 0. The van der Waals surface area contributed by atoms with Crippen LogP contribution in [0.1, 0.15) is 49.8 Å². The zero-order valence-electron chi connectivity index (χ0n) is 11.7. The molecule has 0 radical (unpaired) electrons. The second kappa shape index (κ2) is 6.24.